The Morgan fingerprint density at radius 1 is 0.923 bits per heavy atom. The molecule has 2 aliphatic carbocycles. The largest absolute Gasteiger partial charge is 0.328 e. The number of nitrogens with zero attached hydrogens (tertiary/aromatic N) is 2. The van der Waals surface area contributed by atoms with Crippen LogP contribution in [0.2, 0.25) is 0 Å². The fourth-order valence-corrected chi connectivity index (χ4v) is 6.22. The molecule has 1 atom stereocenters. The highest BCUT2D eigenvalue weighted by atomic mass is 19.1. The second-order valence-corrected chi connectivity index (χ2v) is 10.8. The summed E-state index contributed by atoms with van der Waals surface area (Å²) in [5.74, 6) is -0.512. The molecule has 6 rings (SSSR count). The zero-order chi connectivity index (χ0) is 26.9. The Morgan fingerprint density at radius 3 is 2.23 bits per heavy atom. The highest BCUT2D eigenvalue weighted by molar-refractivity contribution is 6.01. The topological polar surface area (TPSA) is 47.6 Å². The van der Waals surface area contributed by atoms with E-state index in [2.05, 4.69) is 27.9 Å². The van der Waals surface area contributed by atoms with Gasteiger partial charge in [0.05, 0.1) is 17.3 Å². The molecule has 0 bridgehead atoms. The number of rotatable bonds is 8. The molecule has 1 unspecified atom stereocenters. The van der Waals surface area contributed by atoms with E-state index in [-0.39, 0.29) is 23.6 Å². The molecule has 0 radical (unpaired) electrons. The third-order valence-corrected chi connectivity index (χ3v) is 8.24. The van der Waals surface area contributed by atoms with Crippen LogP contribution in [-0.2, 0) is 17.9 Å². The standard InChI is InChI=1S/C32H34F2N4O/c1-21-30-31(36-35-21)26-17-22-9-2-3-10-23(22)18-29(26)38(32(30)39)16-8-15-37(19-24-11-4-6-13-27(24)33)20-25-12-5-7-14-28(25)34/h4-7,11-14,17-18,29,35-36H,2-3,8-10,15-16,19-20H2,1H3. The molecule has 0 aromatic heterocycles. The Kier molecular flexibility index (Phi) is 7.09. The van der Waals surface area contributed by atoms with E-state index in [0.29, 0.717) is 49.3 Å². The lowest BCUT2D eigenvalue weighted by Gasteiger charge is -2.40. The van der Waals surface area contributed by atoms with Crippen LogP contribution in [0.4, 0.5) is 8.78 Å². The molecule has 1 saturated carbocycles. The van der Waals surface area contributed by atoms with Crippen molar-refractivity contribution in [3.05, 3.63) is 117 Å². The van der Waals surface area contributed by atoms with Crippen LogP contribution in [0, 0.1) is 11.6 Å². The van der Waals surface area contributed by atoms with Crippen LogP contribution in [0.1, 0.15) is 50.2 Å². The smallest absolute Gasteiger partial charge is 0.258 e. The monoisotopic (exact) mass is 528 g/mol. The number of benzene rings is 2. The normalized spacial score (nSPS) is 20.3. The third-order valence-electron chi connectivity index (χ3n) is 8.24. The molecule has 2 aromatic rings. The molecule has 2 aromatic carbocycles. The Bertz CT molecular complexity index is 1380. The lowest BCUT2D eigenvalue weighted by Crippen LogP contribution is -2.48. The molecule has 4 aliphatic rings. The second kappa shape index (κ2) is 10.8. The van der Waals surface area contributed by atoms with E-state index in [1.165, 1.54) is 36.1 Å². The summed E-state index contributed by atoms with van der Waals surface area (Å²) in [7, 11) is 0. The lowest BCUT2D eigenvalue weighted by molar-refractivity contribution is -0.128. The van der Waals surface area contributed by atoms with Crippen LogP contribution in [0.5, 0.6) is 0 Å². The highest BCUT2D eigenvalue weighted by Crippen LogP contribution is 2.41. The van der Waals surface area contributed by atoms with E-state index in [1.54, 1.807) is 24.3 Å². The number of hydrogen-bond donors (Lipinski definition) is 2. The first-order valence-corrected chi connectivity index (χ1v) is 13.9. The average Bonchev–Trinajstić information content (AvgIpc) is 3.33. The molecular weight excluding hydrogens is 494 g/mol. The van der Waals surface area contributed by atoms with Crippen LogP contribution in [-0.4, -0.2) is 34.8 Å². The van der Waals surface area contributed by atoms with Crippen molar-refractivity contribution in [2.75, 3.05) is 13.1 Å². The molecule has 0 saturated heterocycles. The summed E-state index contributed by atoms with van der Waals surface area (Å²) in [5.41, 5.74) is 13.9. The number of hydrazine groups is 1. The highest BCUT2D eigenvalue weighted by Gasteiger charge is 2.41. The van der Waals surface area contributed by atoms with Gasteiger partial charge in [0.2, 0.25) is 0 Å². The van der Waals surface area contributed by atoms with Gasteiger partial charge in [-0.3, -0.25) is 15.1 Å². The molecule has 7 heteroatoms. The van der Waals surface area contributed by atoms with Crippen molar-refractivity contribution in [1.29, 1.82) is 0 Å². The minimum Gasteiger partial charge on any atom is -0.328 e. The summed E-state index contributed by atoms with van der Waals surface area (Å²) >= 11 is 0. The Hall–Kier alpha value is -3.71. The van der Waals surface area contributed by atoms with Gasteiger partial charge in [-0.2, -0.15) is 0 Å². The van der Waals surface area contributed by atoms with Gasteiger partial charge in [-0.15, -0.1) is 0 Å². The Labute approximate surface area is 228 Å². The summed E-state index contributed by atoms with van der Waals surface area (Å²) < 4.78 is 29.1. The number of nitrogens with one attached hydrogen (secondary N) is 2. The maximum Gasteiger partial charge on any atom is 0.258 e. The van der Waals surface area contributed by atoms with Crippen molar-refractivity contribution in [2.45, 2.75) is 58.2 Å². The molecular formula is C32H34F2N4O. The van der Waals surface area contributed by atoms with Gasteiger partial charge in [-0.25, -0.2) is 8.78 Å². The van der Waals surface area contributed by atoms with E-state index in [9.17, 15) is 13.6 Å². The molecule has 2 aliphatic heterocycles. The quantitative estimate of drug-likeness (QED) is 0.465. The molecule has 202 valence electrons. The number of fused-ring (bicyclic) bond motifs is 3. The predicted molar refractivity (Wildman–Crippen MR) is 148 cm³/mol. The van der Waals surface area contributed by atoms with Crippen molar-refractivity contribution < 1.29 is 13.6 Å². The fraction of sp³-hybridized carbons (Fsp3) is 0.344. The van der Waals surface area contributed by atoms with Gasteiger partial charge >= 0.3 is 0 Å². The van der Waals surface area contributed by atoms with Crippen molar-refractivity contribution in [3.63, 3.8) is 0 Å². The van der Waals surface area contributed by atoms with Gasteiger partial charge in [0.15, 0.2) is 0 Å². The van der Waals surface area contributed by atoms with Crippen molar-refractivity contribution in [3.8, 4) is 0 Å². The van der Waals surface area contributed by atoms with E-state index in [1.807, 2.05) is 24.0 Å². The number of hydrogen-bond acceptors (Lipinski definition) is 4. The number of carbonyl (C=O) groups excluding carboxylic acids is 1. The first kappa shape index (κ1) is 25.6. The van der Waals surface area contributed by atoms with E-state index >= 15 is 0 Å². The zero-order valence-corrected chi connectivity index (χ0v) is 22.3. The summed E-state index contributed by atoms with van der Waals surface area (Å²) in [6.45, 7) is 3.80. The van der Waals surface area contributed by atoms with Gasteiger partial charge in [-0.1, -0.05) is 48.6 Å². The minimum atomic E-state index is -0.267. The van der Waals surface area contributed by atoms with Gasteiger partial charge in [-0.05, 0) is 62.3 Å². The molecule has 2 N–H and O–H groups in total. The van der Waals surface area contributed by atoms with E-state index < -0.39 is 0 Å². The maximum atomic E-state index is 14.5. The third kappa shape index (κ3) is 5.03. The first-order valence-electron chi connectivity index (χ1n) is 13.9. The number of allylic oxidation sites excluding steroid dienone is 3. The minimum absolute atomic E-state index is 0.0213. The van der Waals surface area contributed by atoms with Gasteiger partial charge in [0, 0.05) is 48.6 Å². The van der Waals surface area contributed by atoms with Gasteiger partial charge < -0.3 is 10.3 Å². The van der Waals surface area contributed by atoms with Crippen LogP contribution in [0.3, 0.4) is 0 Å². The van der Waals surface area contributed by atoms with E-state index in [4.69, 9.17) is 0 Å². The molecule has 1 fully saturated rings. The van der Waals surface area contributed by atoms with E-state index in [0.717, 1.165) is 29.8 Å². The molecule has 2 heterocycles. The Balaban J connectivity index is 1.23. The van der Waals surface area contributed by atoms with Crippen LogP contribution in [0.25, 0.3) is 0 Å². The summed E-state index contributed by atoms with van der Waals surface area (Å²) in [6.07, 6.45) is 9.78. The van der Waals surface area contributed by atoms with Crippen molar-refractivity contribution >= 4 is 5.91 Å². The molecule has 0 spiro atoms. The number of halogens is 2. The van der Waals surface area contributed by atoms with Crippen molar-refractivity contribution in [1.82, 2.24) is 20.7 Å². The Morgan fingerprint density at radius 2 is 1.56 bits per heavy atom. The second-order valence-electron chi connectivity index (χ2n) is 10.8. The first-order chi connectivity index (χ1) is 19.0. The van der Waals surface area contributed by atoms with Crippen molar-refractivity contribution in [2.24, 2.45) is 0 Å². The summed E-state index contributed by atoms with van der Waals surface area (Å²) in [6, 6.07) is 13.3. The predicted octanol–water partition coefficient (Wildman–Crippen LogP) is 5.64. The van der Waals surface area contributed by atoms with Gasteiger partial charge in [0.1, 0.15) is 11.6 Å². The molecule has 1 amide bonds. The lowest BCUT2D eigenvalue weighted by atomic mass is 9.79. The van der Waals surface area contributed by atoms with Gasteiger partial charge in [0.25, 0.3) is 5.91 Å². The number of carbonyl (C=O) groups is 1. The average molecular weight is 529 g/mol. The summed E-state index contributed by atoms with van der Waals surface area (Å²) in [5, 5.41) is 0. The van der Waals surface area contributed by atoms with Crippen LogP contribution in [0.15, 0.2) is 94.4 Å². The number of amides is 1. The van der Waals surface area contributed by atoms with Crippen LogP contribution >= 0.6 is 0 Å². The SMILES string of the molecule is CC1=C2C(=O)N(CCCN(Cc3ccccc3F)Cc3ccccc3F)C3C=C4CCCCC4=CC3=C2NN1. The zero-order valence-electron chi connectivity index (χ0n) is 22.3. The molecule has 5 nitrogen and oxygen atoms in total. The summed E-state index contributed by atoms with van der Waals surface area (Å²) in [4.78, 5) is 17.8. The fourth-order valence-electron chi connectivity index (χ4n) is 6.22. The van der Waals surface area contributed by atoms with Crippen LogP contribution < -0.4 is 10.9 Å². The molecule has 39 heavy (non-hydrogen) atoms. The maximum absolute atomic E-state index is 14.5.